The Morgan fingerprint density at radius 2 is 1.46 bits per heavy atom. The number of aryl methyl sites for hydroxylation is 2. The molecule has 12 nitrogen and oxygen atoms in total. The molecular formula is C47H48N12. The Kier molecular flexibility index (Phi) is 12.0. The van der Waals surface area contributed by atoms with E-state index in [0.29, 0.717) is 17.2 Å². The van der Waals surface area contributed by atoms with Crippen LogP contribution in [0.15, 0.2) is 123 Å². The molecule has 0 aromatic carbocycles. The number of allylic oxidation sites excluding steroid dienone is 3. The summed E-state index contributed by atoms with van der Waals surface area (Å²) in [6, 6.07) is 16.4. The van der Waals surface area contributed by atoms with Crippen molar-refractivity contribution in [2.45, 2.75) is 48.0 Å². The molecule has 0 aliphatic rings. The molecule has 9 rings (SSSR count). The Morgan fingerprint density at radius 3 is 2.15 bits per heavy atom. The van der Waals surface area contributed by atoms with Crippen LogP contribution in [-0.4, -0.2) is 55.3 Å². The normalized spacial score (nSPS) is 11.2. The topological polar surface area (TPSA) is 165 Å². The van der Waals surface area contributed by atoms with Crippen LogP contribution in [-0.2, 0) is 0 Å². The predicted molar refractivity (Wildman–Crippen MR) is 241 cm³/mol. The second-order valence-electron chi connectivity index (χ2n) is 14.3. The third-order valence-electron chi connectivity index (χ3n) is 9.61. The largest absolute Gasteiger partial charge is 0.358 e. The van der Waals surface area contributed by atoms with E-state index >= 15 is 0 Å². The summed E-state index contributed by atoms with van der Waals surface area (Å²) in [5.74, 6) is 0.544. The van der Waals surface area contributed by atoms with Gasteiger partial charge in [0.25, 0.3) is 0 Å². The Balaban J connectivity index is 0.000000174. The molecule has 12 heteroatoms. The van der Waals surface area contributed by atoms with Crippen LogP contribution in [0.25, 0.3) is 84.2 Å². The maximum Gasteiger partial charge on any atom is 0.181 e. The molecule has 0 amide bonds. The maximum atomic E-state index is 4.55. The maximum absolute atomic E-state index is 4.55. The van der Waals surface area contributed by atoms with Gasteiger partial charge in [-0.1, -0.05) is 59.1 Å². The lowest BCUT2D eigenvalue weighted by atomic mass is 10.0. The summed E-state index contributed by atoms with van der Waals surface area (Å²) in [5.41, 5.74) is 15.2. The molecule has 9 aromatic heterocycles. The zero-order chi connectivity index (χ0) is 41.5. The SMILES string of the molecule is C=C(CC(C)C)Nc1cncc(-c2cnc3n[nH]c(-c4cc5cccnc5[nH]4)c3c2)c1.C=C/C=C\c1cc(-c2[nH]nc3ncc(-c4cnccc4C)cc23)[nH]c1C.CC. The molecule has 0 aliphatic carbocycles. The Hall–Kier alpha value is -7.47. The lowest BCUT2D eigenvalue weighted by molar-refractivity contribution is 0.645. The van der Waals surface area contributed by atoms with E-state index in [1.54, 1.807) is 18.5 Å². The van der Waals surface area contributed by atoms with Crippen molar-refractivity contribution in [3.8, 4) is 45.0 Å². The van der Waals surface area contributed by atoms with Gasteiger partial charge in [0, 0.05) is 87.0 Å². The Morgan fingerprint density at radius 1 is 0.763 bits per heavy atom. The molecule has 0 bridgehead atoms. The summed E-state index contributed by atoms with van der Waals surface area (Å²) in [6.45, 7) is 20.3. The van der Waals surface area contributed by atoms with Crippen molar-refractivity contribution in [1.82, 2.24) is 55.3 Å². The summed E-state index contributed by atoms with van der Waals surface area (Å²) in [6.07, 6.45) is 19.4. The van der Waals surface area contributed by atoms with E-state index in [9.17, 15) is 0 Å². The van der Waals surface area contributed by atoms with Crippen molar-refractivity contribution in [2.24, 2.45) is 5.92 Å². The first-order valence-electron chi connectivity index (χ1n) is 19.7. The van der Waals surface area contributed by atoms with Crippen LogP contribution in [0.5, 0.6) is 0 Å². The lowest BCUT2D eigenvalue weighted by Crippen LogP contribution is -2.02. The van der Waals surface area contributed by atoms with Gasteiger partial charge in [0.05, 0.1) is 34.7 Å². The van der Waals surface area contributed by atoms with Crippen LogP contribution in [0.4, 0.5) is 5.69 Å². The second-order valence-corrected chi connectivity index (χ2v) is 14.3. The Bertz CT molecular complexity index is 2890. The van der Waals surface area contributed by atoms with Crippen molar-refractivity contribution in [2.75, 3.05) is 5.32 Å². The number of rotatable bonds is 10. The summed E-state index contributed by atoms with van der Waals surface area (Å²) in [5, 5.41) is 21.3. The van der Waals surface area contributed by atoms with Crippen LogP contribution in [0.3, 0.4) is 0 Å². The van der Waals surface area contributed by atoms with Crippen molar-refractivity contribution >= 4 is 44.9 Å². The summed E-state index contributed by atoms with van der Waals surface area (Å²) in [4.78, 5) is 28.9. The van der Waals surface area contributed by atoms with Crippen LogP contribution >= 0.6 is 0 Å². The number of H-pyrrole nitrogens is 4. The number of hydrogen-bond acceptors (Lipinski definition) is 8. The number of nitrogens with zero attached hydrogens (tertiary/aromatic N) is 7. The molecule has 0 spiro atoms. The van der Waals surface area contributed by atoms with Crippen molar-refractivity contribution < 1.29 is 0 Å². The van der Waals surface area contributed by atoms with Crippen molar-refractivity contribution in [3.05, 3.63) is 140 Å². The van der Waals surface area contributed by atoms with Gasteiger partial charge < -0.3 is 15.3 Å². The molecule has 9 heterocycles. The second kappa shape index (κ2) is 17.8. The van der Waals surface area contributed by atoms with Gasteiger partial charge in [0.1, 0.15) is 5.65 Å². The molecule has 0 saturated heterocycles. The fraction of sp³-hybridized carbons (Fsp3) is 0.170. The molecule has 0 unspecified atom stereocenters. The molecule has 59 heavy (non-hydrogen) atoms. The van der Waals surface area contributed by atoms with Gasteiger partial charge in [-0.15, -0.1) is 0 Å². The minimum absolute atomic E-state index is 0.544. The molecule has 0 radical (unpaired) electrons. The predicted octanol–water partition coefficient (Wildman–Crippen LogP) is 11.4. The fourth-order valence-electron chi connectivity index (χ4n) is 6.84. The molecule has 0 fully saturated rings. The number of anilines is 1. The quantitative estimate of drug-likeness (QED) is 0.0855. The zero-order valence-electron chi connectivity index (χ0n) is 34.2. The van der Waals surface area contributed by atoms with Crippen LogP contribution in [0, 0.1) is 19.8 Å². The number of aromatic nitrogens is 11. The molecule has 9 aromatic rings. The summed E-state index contributed by atoms with van der Waals surface area (Å²) >= 11 is 0. The van der Waals surface area contributed by atoms with Gasteiger partial charge in [0.15, 0.2) is 11.3 Å². The smallest absolute Gasteiger partial charge is 0.181 e. The molecular weight excluding hydrogens is 733 g/mol. The van der Waals surface area contributed by atoms with Crippen molar-refractivity contribution in [3.63, 3.8) is 0 Å². The average Bonchev–Trinajstić information content (AvgIpc) is 4.05. The third-order valence-corrected chi connectivity index (χ3v) is 9.61. The van der Waals surface area contributed by atoms with Gasteiger partial charge in [-0.2, -0.15) is 10.2 Å². The highest BCUT2D eigenvalue weighted by atomic mass is 15.2. The van der Waals surface area contributed by atoms with E-state index in [1.165, 1.54) is 5.56 Å². The van der Waals surface area contributed by atoms with E-state index in [-0.39, 0.29) is 0 Å². The molecule has 5 N–H and O–H groups in total. The van der Waals surface area contributed by atoms with Gasteiger partial charge in [-0.05, 0) is 85.8 Å². The van der Waals surface area contributed by atoms with E-state index in [4.69, 9.17) is 0 Å². The standard InChI is InChI=1S/C24H23N7.C21H19N5.C2H6/c1-14(2)7-15(3)28-19-8-17(11-25-13-19)18-9-20-22(30-31-24(20)27-12-18)21-10-16-5-4-6-26-23(16)29-21;1-4-5-6-15-10-19(24-14(15)3)20-17-9-16(11-23-21(17)26-25-20)18-12-22-8-7-13(18)2;1-2/h4-6,8-14,28H,3,7H2,1-2H3,(H,26,29)(H,27,30,31);4-12,24H,1H2,2-3H3,(H,23,25,26);1-2H3/b;6-5-;. The van der Waals surface area contributed by atoms with Gasteiger partial charge in [-0.25, -0.2) is 15.0 Å². The zero-order valence-corrected chi connectivity index (χ0v) is 34.2. The average molecular weight is 781 g/mol. The highest BCUT2D eigenvalue weighted by Gasteiger charge is 2.15. The number of hydrogen-bond donors (Lipinski definition) is 5. The lowest BCUT2D eigenvalue weighted by Gasteiger charge is -2.12. The van der Waals surface area contributed by atoms with Crippen LogP contribution in [0.1, 0.15) is 50.9 Å². The van der Waals surface area contributed by atoms with E-state index < -0.39 is 0 Å². The minimum Gasteiger partial charge on any atom is -0.358 e. The number of aromatic amines is 4. The first kappa shape index (κ1) is 39.8. The van der Waals surface area contributed by atoms with Gasteiger partial charge >= 0.3 is 0 Å². The van der Waals surface area contributed by atoms with E-state index in [2.05, 4.69) is 125 Å². The summed E-state index contributed by atoms with van der Waals surface area (Å²) in [7, 11) is 0. The van der Waals surface area contributed by atoms with E-state index in [0.717, 1.165) is 95.9 Å². The molecule has 296 valence electrons. The molecule has 0 saturated carbocycles. The van der Waals surface area contributed by atoms with Crippen LogP contribution in [0.2, 0.25) is 0 Å². The molecule has 0 aliphatic heterocycles. The monoisotopic (exact) mass is 780 g/mol. The summed E-state index contributed by atoms with van der Waals surface area (Å²) < 4.78 is 0. The first-order valence-corrected chi connectivity index (χ1v) is 19.7. The highest BCUT2D eigenvalue weighted by molar-refractivity contribution is 5.96. The van der Waals surface area contributed by atoms with E-state index in [1.807, 2.05) is 82.1 Å². The first-order chi connectivity index (χ1) is 28.7. The number of fused-ring (bicyclic) bond motifs is 3. The minimum atomic E-state index is 0.544. The van der Waals surface area contributed by atoms with Crippen molar-refractivity contribution in [1.29, 1.82) is 0 Å². The van der Waals surface area contributed by atoms with Gasteiger partial charge in [-0.3, -0.25) is 20.2 Å². The fourth-order valence-corrected chi connectivity index (χ4v) is 6.84. The number of nitrogens with one attached hydrogen (secondary N) is 5. The van der Waals surface area contributed by atoms with Crippen LogP contribution < -0.4 is 5.32 Å². The number of pyridine rings is 5. The molecule has 0 atom stereocenters. The van der Waals surface area contributed by atoms with Gasteiger partial charge in [0.2, 0.25) is 0 Å². The Labute approximate surface area is 343 Å². The third kappa shape index (κ3) is 8.76. The highest BCUT2D eigenvalue weighted by Crippen LogP contribution is 2.33.